The van der Waals surface area contributed by atoms with E-state index in [-0.39, 0.29) is 13.0 Å². The normalized spacial score (nSPS) is 11.3. The lowest BCUT2D eigenvalue weighted by molar-refractivity contribution is -0.139. The molecule has 38 heavy (non-hydrogen) atoms. The average Bonchev–Trinajstić information content (AvgIpc) is 2.95. The van der Waals surface area contributed by atoms with Gasteiger partial charge in [0, 0.05) is 6.42 Å². The molecule has 0 bridgehead atoms. The van der Waals surface area contributed by atoms with Crippen molar-refractivity contribution in [2.45, 2.75) is 32.3 Å². The summed E-state index contributed by atoms with van der Waals surface area (Å²) >= 11 is 0. The van der Waals surface area contributed by atoms with Crippen molar-refractivity contribution in [2.24, 2.45) is 0 Å². The molecule has 1 atom stereocenters. The van der Waals surface area contributed by atoms with Crippen LogP contribution >= 0.6 is 0 Å². The molecule has 0 aromatic heterocycles. The molecule has 4 rings (SSSR count). The van der Waals surface area contributed by atoms with Gasteiger partial charge in [0.15, 0.2) is 11.5 Å². The summed E-state index contributed by atoms with van der Waals surface area (Å²) in [5.74, 6) is -0.147. The van der Waals surface area contributed by atoms with E-state index in [0.717, 1.165) is 16.7 Å². The SMILES string of the molecule is O=C(N[C@H](Cc1ccc(OCc2ccccc2)c(OCc2ccccc2)c1)C(=O)O)OCc1ccccc1. The maximum atomic E-state index is 12.3. The van der Waals surface area contributed by atoms with Crippen molar-refractivity contribution in [3.05, 3.63) is 131 Å². The van der Waals surface area contributed by atoms with E-state index >= 15 is 0 Å². The van der Waals surface area contributed by atoms with E-state index in [9.17, 15) is 14.7 Å². The number of hydrogen-bond donors (Lipinski definition) is 2. The minimum atomic E-state index is -1.18. The Morgan fingerprint density at radius 3 is 1.66 bits per heavy atom. The minimum absolute atomic E-state index is 0.0381. The second kappa shape index (κ2) is 13.5. The number of carboxylic acid groups (broad SMARTS) is 1. The first-order chi connectivity index (χ1) is 18.6. The van der Waals surface area contributed by atoms with Gasteiger partial charge in [-0.3, -0.25) is 0 Å². The molecule has 7 heteroatoms. The topological polar surface area (TPSA) is 94.1 Å². The van der Waals surface area contributed by atoms with Crippen LogP contribution in [0.5, 0.6) is 11.5 Å². The Kier molecular flexibility index (Phi) is 9.34. The van der Waals surface area contributed by atoms with Crippen molar-refractivity contribution < 1.29 is 28.9 Å². The molecule has 2 N–H and O–H groups in total. The van der Waals surface area contributed by atoms with Gasteiger partial charge in [-0.15, -0.1) is 0 Å². The molecular formula is C31H29NO6. The Balaban J connectivity index is 1.44. The number of rotatable bonds is 12. The molecule has 4 aromatic carbocycles. The molecule has 0 aliphatic rings. The van der Waals surface area contributed by atoms with Gasteiger partial charge >= 0.3 is 12.1 Å². The summed E-state index contributed by atoms with van der Waals surface area (Å²) in [5, 5.41) is 12.2. The standard InChI is InChI=1S/C31H29NO6/c33-30(34)27(32-31(35)38-22-25-14-8-3-9-15-25)18-26-16-17-28(36-20-23-10-4-1-5-11-23)29(19-26)37-21-24-12-6-2-7-13-24/h1-17,19,27H,18,20-22H2,(H,32,35)(H,33,34)/t27-/m1/s1. The second-order valence-corrected chi connectivity index (χ2v) is 8.63. The highest BCUT2D eigenvalue weighted by Gasteiger charge is 2.22. The molecule has 4 aromatic rings. The fourth-order valence-electron chi connectivity index (χ4n) is 3.72. The molecule has 0 radical (unpaired) electrons. The quantitative estimate of drug-likeness (QED) is 0.251. The van der Waals surface area contributed by atoms with Gasteiger partial charge < -0.3 is 24.6 Å². The number of ether oxygens (including phenoxy) is 3. The van der Waals surface area contributed by atoms with Gasteiger partial charge in [0.25, 0.3) is 0 Å². The Hall–Kier alpha value is -4.78. The predicted octanol–water partition coefficient (Wildman–Crippen LogP) is 5.77. The minimum Gasteiger partial charge on any atom is -0.485 e. The van der Waals surface area contributed by atoms with Crippen LogP contribution in [0.4, 0.5) is 4.79 Å². The smallest absolute Gasteiger partial charge is 0.408 e. The van der Waals surface area contributed by atoms with Gasteiger partial charge in [-0.2, -0.15) is 0 Å². The molecule has 0 heterocycles. The van der Waals surface area contributed by atoms with Gasteiger partial charge in [0.05, 0.1) is 0 Å². The number of amides is 1. The third kappa shape index (κ3) is 8.13. The van der Waals surface area contributed by atoms with Crippen molar-refractivity contribution >= 4 is 12.1 Å². The maximum Gasteiger partial charge on any atom is 0.408 e. The van der Waals surface area contributed by atoms with Crippen LogP contribution in [-0.4, -0.2) is 23.2 Å². The van der Waals surface area contributed by atoms with Crippen molar-refractivity contribution in [2.75, 3.05) is 0 Å². The van der Waals surface area contributed by atoms with E-state index in [1.165, 1.54) is 0 Å². The zero-order valence-electron chi connectivity index (χ0n) is 20.8. The lowest BCUT2D eigenvalue weighted by Crippen LogP contribution is -2.42. The number of carboxylic acids is 1. The Morgan fingerprint density at radius 1 is 0.632 bits per heavy atom. The summed E-state index contributed by atoms with van der Waals surface area (Å²) in [6, 6.07) is 32.7. The van der Waals surface area contributed by atoms with E-state index in [4.69, 9.17) is 14.2 Å². The molecule has 0 aliphatic carbocycles. The van der Waals surface area contributed by atoms with E-state index in [2.05, 4.69) is 5.32 Å². The molecule has 0 aliphatic heterocycles. The average molecular weight is 512 g/mol. The zero-order valence-corrected chi connectivity index (χ0v) is 20.8. The van der Waals surface area contributed by atoms with Gasteiger partial charge in [-0.1, -0.05) is 97.1 Å². The van der Waals surface area contributed by atoms with Gasteiger partial charge in [0.2, 0.25) is 0 Å². The molecule has 7 nitrogen and oxygen atoms in total. The summed E-state index contributed by atoms with van der Waals surface area (Å²) in [6.07, 6.45) is -0.763. The Morgan fingerprint density at radius 2 is 1.13 bits per heavy atom. The van der Waals surface area contributed by atoms with Crippen molar-refractivity contribution in [3.8, 4) is 11.5 Å². The summed E-state index contributed by atoms with van der Waals surface area (Å²) in [4.78, 5) is 24.2. The van der Waals surface area contributed by atoms with Gasteiger partial charge in [-0.25, -0.2) is 9.59 Å². The second-order valence-electron chi connectivity index (χ2n) is 8.63. The first-order valence-corrected chi connectivity index (χ1v) is 12.2. The number of hydrogen-bond acceptors (Lipinski definition) is 5. The highest BCUT2D eigenvalue weighted by atomic mass is 16.5. The number of carbonyl (C=O) groups excluding carboxylic acids is 1. The van der Waals surface area contributed by atoms with Crippen LogP contribution in [-0.2, 0) is 35.8 Å². The highest BCUT2D eigenvalue weighted by Crippen LogP contribution is 2.30. The summed E-state index contributed by atoms with van der Waals surface area (Å²) in [6.45, 7) is 0.719. The van der Waals surface area contributed by atoms with Gasteiger partial charge in [0.1, 0.15) is 25.9 Å². The zero-order chi connectivity index (χ0) is 26.6. The maximum absolute atomic E-state index is 12.3. The Labute approximate surface area is 221 Å². The molecule has 1 amide bonds. The number of aliphatic carboxylic acids is 1. The van der Waals surface area contributed by atoms with Crippen molar-refractivity contribution in [1.82, 2.24) is 5.32 Å². The fourth-order valence-corrected chi connectivity index (χ4v) is 3.72. The molecule has 194 valence electrons. The Bertz CT molecular complexity index is 1310. The van der Waals surface area contributed by atoms with Crippen LogP contribution in [0.15, 0.2) is 109 Å². The lowest BCUT2D eigenvalue weighted by Gasteiger charge is -2.17. The lowest BCUT2D eigenvalue weighted by atomic mass is 10.1. The number of alkyl carbamates (subject to hydrolysis) is 1. The van der Waals surface area contributed by atoms with Crippen molar-refractivity contribution in [3.63, 3.8) is 0 Å². The van der Waals surface area contributed by atoms with Crippen LogP contribution in [0.1, 0.15) is 22.3 Å². The van der Waals surface area contributed by atoms with E-state index in [0.29, 0.717) is 30.3 Å². The number of nitrogens with one attached hydrogen (secondary N) is 1. The molecule has 0 saturated heterocycles. The molecule has 0 spiro atoms. The predicted molar refractivity (Wildman–Crippen MR) is 143 cm³/mol. The third-order valence-corrected chi connectivity index (χ3v) is 5.73. The molecule has 0 saturated carbocycles. The highest BCUT2D eigenvalue weighted by molar-refractivity contribution is 5.80. The van der Waals surface area contributed by atoms with Crippen LogP contribution in [0.25, 0.3) is 0 Å². The summed E-state index contributed by atoms with van der Waals surface area (Å²) < 4.78 is 17.3. The molecule has 0 unspecified atom stereocenters. The van der Waals surface area contributed by atoms with Crippen LogP contribution in [0.2, 0.25) is 0 Å². The van der Waals surface area contributed by atoms with Crippen LogP contribution in [0, 0.1) is 0 Å². The van der Waals surface area contributed by atoms with Gasteiger partial charge in [-0.05, 0) is 34.4 Å². The van der Waals surface area contributed by atoms with Crippen LogP contribution in [0.3, 0.4) is 0 Å². The van der Waals surface area contributed by atoms with E-state index < -0.39 is 18.1 Å². The molecule has 0 fully saturated rings. The first kappa shape index (κ1) is 26.3. The first-order valence-electron chi connectivity index (χ1n) is 12.2. The largest absolute Gasteiger partial charge is 0.485 e. The summed E-state index contributed by atoms with van der Waals surface area (Å²) in [5.41, 5.74) is 3.46. The number of carbonyl (C=O) groups is 2. The van der Waals surface area contributed by atoms with Crippen LogP contribution < -0.4 is 14.8 Å². The third-order valence-electron chi connectivity index (χ3n) is 5.73. The summed E-state index contributed by atoms with van der Waals surface area (Å²) in [7, 11) is 0. The molecular weight excluding hydrogens is 482 g/mol. The fraction of sp³-hybridized carbons (Fsp3) is 0.161. The number of benzene rings is 4. The van der Waals surface area contributed by atoms with E-state index in [1.807, 2.05) is 91.0 Å². The van der Waals surface area contributed by atoms with Crippen molar-refractivity contribution in [1.29, 1.82) is 0 Å². The monoisotopic (exact) mass is 511 g/mol. The van der Waals surface area contributed by atoms with E-state index in [1.54, 1.807) is 18.2 Å².